The standard InChI is InChI=1S/C20H29N3O3/c1-14(2)17-10-20(25)23(13-21-17)11-16-6-8-22(9-7-16)12-18(24)19-5-4-15(3)26-19/h4-5,10,13-14,16,18,24H,6-9,11-12H2,1-3H3. The zero-order chi connectivity index (χ0) is 18.7. The number of aryl methyl sites for hydroxylation is 1. The maximum Gasteiger partial charge on any atom is 0.253 e. The number of aliphatic hydroxyl groups is 1. The maximum absolute atomic E-state index is 12.3. The van der Waals surface area contributed by atoms with Crippen LogP contribution < -0.4 is 5.56 Å². The molecule has 1 aliphatic heterocycles. The minimum absolute atomic E-state index is 0.0368. The van der Waals surface area contributed by atoms with Gasteiger partial charge in [0, 0.05) is 19.2 Å². The number of piperidine rings is 1. The monoisotopic (exact) mass is 359 g/mol. The number of hydrogen-bond donors (Lipinski definition) is 1. The van der Waals surface area contributed by atoms with E-state index in [1.54, 1.807) is 17.0 Å². The quantitative estimate of drug-likeness (QED) is 0.859. The summed E-state index contributed by atoms with van der Waals surface area (Å²) in [7, 11) is 0. The minimum atomic E-state index is -0.587. The zero-order valence-electron chi connectivity index (χ0n) is 15.9. The van der Waals surface area contributed by atoms with Gasteiger partial charge in [-0.2, -0.15) is 0 Å². The fourth-order valence-corrected chi connectivity index (χ4v) is 3.49. The number of likely N-dealkylation sites (tertiary alicyclic amines) is 1. The van der Waals surface area contributed by atoms with Crippen molar-refractivity contribution in [2.75, 3.05) is 19.6 Å². The summed E-state index contributed by atoms with van der Waals surface area (Å²) in [6.07, 6.45) is 3.13. The van der Waals surface area contributed by atoms with Gasteiger partial charge in [-0.15, -0.1) is 0 Å². The molecule has 3 rings (SSSR count). The molecule has 3 heterocycles. The summed E-state index contributed by atoms with van der Waals surface area (Å²) in [6.45, 7) is 9.12. The Morgan fingerprint density at radius 2 is 2.04 bits per heavy atom. The average Bonchev–Trinajstić information content (AvgIpc) is 3.05. The molecule has 0 bridgehead atoms. The van der Waals surface area contributed by atoms with Gasteiger partial charge in [0.25, 0.3) is 5.56 Å². The van der Waals surface area contributed by atoms with Crippen molar-refractivity contribution in [1.29, 1.82) is 0 Å². The highest BCUT2D eigenvalue weighted by Crippen LogP contribution is 2.22. The molecule has 1 atom stereocenters. The second kappa shape index (κ2) is 8.18. The van der Waals surface area contributed by atoms with E-state index in [1.807, 2.05) is 32.9 Å². The second-order valence-corrected chi connectivity index (χ2v) is 7.67. The van der Waals surface area contributed by atoms with Crippen molar-refractivity contribution in [2.45, 2.75) is 52.2 Å². The van der Waals surface area contributed by atoms with Gasteiger partial charge >= 0.3 is 0 Å². The van der Waals surface area contributed by atoms with Crippen molar-refractivity contribution in [3.8, 4) is 0 Å². The van der Waals surface area contributed by atoms with Gasteiger partial charge in [0.1, 0.15) is 17.6 Å². The Hall–Kier alpha value is -1.92. The molecule has 1 aliphatic rings. The summed E-state index contributed by atoms with van der Waals surface area (Å²) in [5.74, 6) is 2.19. The number of furan rings is 1. The molecule has 1 fully saturated rings. The molecule has 0 radical (unpaired) electrons. The molecule has 0 aromatic carbocycles. The van der Waals surface area contributed by atoms with Crippen LogP contribution in [0.25, 0.3) is 0 Å². The van der Waals surface area contributed by atoms with Crippen molar-refractivity contribution >= 4 is 0 Å². The van der Waals surface area contributed by atoms with Gasteiger partial charge in [-0.1, -0.05) is 13.8 Å². The van der Waals surface area contributed by atoms with E-state index in [2.05, 4.69) is 9.88 Å². The van der Waals surface area contributed by atoms with Crippen LogP contribution in [0.15, 0.2) is 33.7 Å². The molecule has 1 unspecified atom stereocenters. The number of rotatable bonds is 6. The highest BCUT2D eigenvalue weighted by atomic mass is 16.4. The Bertz CT molecular complexity index is 773. The van der Waals surface area contributed by atoms with Crippen LogP contribution in [-0.4, -0.2) is 39.2 Å². The highest BCUT2D eigenvalue weighted by molar-refractivity contribution is 5.08. The first-order chi connectivity index (χ1) is 12.4. The van der Waals surface area contributed by atoms with Crippen LogP contribution in [0.3, 0.4) is 0 Å². The molecule has 142 valence electrons. The van der Waals surface area contributed by atoms with E-state index in [0.29, 0.717) is 18.2 Å². The van der Waals surface area contributed by atoms with Gasteiger partial charge in [-0.3, -0.25) is 9.36 Å². The number of aliphatic hydroxyl groups excluding tert-OH is 1. The fourth-order valence-electron chi connectivity index (χ4n) is 3.49. The van der Waals surface area contributed by atoms with E-state index < -0.39 is 6.10 Å². The van der Waals surface area contributed by atoms with Crippen molar-refractivity contribution in [3.63, 3.8) is 0 Å². The number of hydrogen-bond acceptors (Lipinski definition) is 5. The lowest BCUT2D eigenvalue weighted by atomic mass is 9.96. The molecule has 6 nitrogen and oxygen atoms in total. The van der Waals surface area contributed by atoms with E-state index >= 15 is 0 Å². The molecule has 0 aliphatic carbocycles. The Morgan fingerprint density at radius 3 is 2.62 bits per heavy atom. The van der Waals surface area contributed by atoms with Crippen LogP contribution >= 0.6 is 0 Å². The molecular weight excluding hydrogens is 330 g/mol. The second-order valence-electron chi connectivity index (χ2n) is 7.67. The summed E-state index contributed by atoms with van der Waals surface area (Å²) in [6, 6.07) is 5.37. The van der Waals surface area contributed by atoms with E-state index in [1.165, 1.54) is 0 Å². The molecular formula is C20H29N3O3. The van der Waals surface area contributed by atoms with Gasteiger partial charge in [0.2, 0.25) is 0 Å². The van der Waals surface area contributed by atoms with Gasteiger partial charge in [-0.25, -0.2) is 4.98 Å². The molecule has 2 aromatic heterocycles. The molecule has 2 aromatic rings. The Morgan fingerprint density at radius 1 is 1.31 bits per heavy atom. The van der Waals surface area contributed by atoms with Crippen LogP contribution in [0, 0.1) is 12.8 Å². The Labute approximate surface area is 154 Å². The summed E-state index contributed by atoms with van der Waals surface area (Å²) in [5, 5.41) is 10.3. The van der Waals surface area contributed by atoms with E-state index in [0.717, 1.165) is 43.9 Å². The van der Waals surface area contributed by atoms with Crippen LogP contribution in [0.2, 0.25) is 0 Å². The maximum atomic E-state index is 12.3. The predicted molar refractivity (Wildman–Crippen MR) is 100 cm³/mol. The van der Waals surface area contributed by atoms with Crippen LogP contribution in [0.5, 0.6) is 0 Å². The Kier molecular flexibility index (Phi) is 5.94. The van der Waals surface area contributed by atoms with Gasteiger partial charge in [0.05, 0.1) is 12.0 Å². The average molecular weight is 359 g/mol. The predicted octanol–water partition coefficient (Wildman–Crippen LogP) is 2.71. The summed E-state index contributed by atoms with van der Waals surface area (Å²) >= 11 is 0. The largest absolute Gasteiger partial charge is 0.464 e. The first-order valence-electron chi connectivity index (χ1n) is 9.45. The van der Waals surface area contributed by atoms with E-state index in [9.17, 15) is 9.90 Å². The van der Waals surface area contributed by atoms with Crippen LogP contribution in [0.4, 0.5) is 0 Å². The summed E-state index contributed by atoms with van der Waals surface area (Å²) in [4.78, 5) is 18.9. The molecule has 1 N–H and O–H groups in total. The third-order valence-electron chi connectivity index (χ3n) is 5.17. The van der Waals surface area contributed by atoms with Crippen molar-refractivity contribution < 1.29 is 9.52 Å². The smallest absolute Gasteiger partial charge is 0.253 e. The van der Waals surface area contributed by atoms with E-state index in [4.69, 9.17) is 4.42 Å². The Balaban J connectivity index is 1.50. The van der Waals surface area contributed by atoms with Gasteiger partial charge in [0.15, 0.2) is 0 Å². The van der Waals surface area contributed by atoms with Crippen molar-refractivity contribution in [2.24, 2.45) is 5.92 Å². The van der Waals surface area contributed by atoms with Crippen molar-refractivity contribution in [3.05, 3.63) is 52.1 Å². The molecule has 0 saturated carbocycles. The third-order valence-corrected chi connectivity index (χ3v) is 5.17. The first kappa shape index (κ1) is 18.9. The highest BCUT2D eigenvalue weighted by Gasteiger charge is 2.23. The lowest BCUT2D eigenvalue weighted by molar-refractivity contribution is 0.0724. The summed E-state index contributed by atoms with van der Waals surface area (Å²) in [5.41, 5.74) is 0.887. The fraction of sp³-hybridized carbons (Fsp3) is 0.600. The van der Waals surface area contributed by atoms with Crippen LogP contribution in [0.1, 0.15) is 55.9 Å². The zero-order valence-corrected chi connectivity index (χ0v) is 15.9. The minimum Gasteiger partial charge on any atom is -0.464 e. The van der Waals surface area contributed by atoms with Gasteiger partial charge < -0.3 is 14.4 Å². The molecule has 0 amide bonds. The van der Waals surface area contributed by atoms with E-state index in [-0.39, 0.29) is 11.5 Å². The normalized spacial score (nSPS) is 17.7. The molecule has 26 heavy (non-hydrogen) atoms. The number of nitrogens with zero attached hydrogens (tertiary/aromatic N) is 3. The third kappa shape index (κ3) is 4.62. The molecule has 0 spiro atoms. The molecule has 6 heteroatoms. The van der Waals surface area contributed by atoms with Crippen LogP contribution in [-0.2, 0) is 6.54 Å². The summed E-state index contributed by atoms with van der Waals surface area (Å²) < 4.78 is 7.23. The SMILES string of the molecule is Cc1ccc(C(O)CN2CCC(Cn3cnc(C(C)C)cc3=O)CC2)o1. The lowest BCUT2D eigenvalue weighted by Crippen LogP contribution is -2.38. The van der Waals surface area contributed by atoms with Gasteiger partial charge in [-0.05, 0) is 56.8 Å². The first-order valence-corrected chi connectivity index (χ1v) is 9.45. The topological polar surface area (TPSA) is 71.5 Å². The van der Waals surface area contributed by atoms with Crippen molar-refractivity contribution in [1.82, 2.24) is 14.5 Å². The lowest BCUT2D eigenvalue weighted by Gasteiger charge is -2.33. The number of β-amino-alcohol motifs (C(OH)–C–C–N with tert-alkyl or cyclic N) is 1. The molecule has 1 saturated heterocycles. The number of aromatic nitrogens is 2.